The van der Waals surface area contributed by atoms with Gasteiger partial charge in [-0.15, -0.1) is 6.58 Å². The number of rotatable bonds is 5. The molecule has 0 aliphatic carbocycles. The highest BCUT2D eigenvalue weighted by molar-refractivity contribution is 5.90. The quantitative estimate of drug-likeness (QED) is 0.690. The lowest BCUT2D eigenvalue weighted by Crippen LogP contribution is -2.39. The molecular formula is C14H18N4O. The molecule has 1 aliphatic heterocycles. The normalized spacial score (nSPS) is 18.1. The number of nitrogens with two attached hydrogens (primary N) is 1. The first-order valence-electron chi connectivity index (χ1n) is 6.03. The highest BCUT2D eigenvalue weighted by atomic mass is 16.5. The Balaban J connectivity index is 2.17. The van der Waals surface area contributed by atoms with Gasteiger partial charge in [0.2, 0.25) is 0 Å². The summed E-state index contributed by atoms with van der Waals surface area (Å²) in [5.74, 6) is 1.22. The van der Waals surface area contributed by atoms with Gasteiger partial charge in [0.15, 0.2) is 5.96 Å². The smallest absolute Gasteiger partial charge is 0.195 e. The Morgan fingerprint density at radius 2 is 2.21 bits per heavy atom. The first kappa shape index (κ1) is 13.2. The van der Waals surface area contributed by atoms with Crippen molar-refractivity contribution >= 4 is 11.7 Å². The molecule has 4 N–H and O–H groups in total. The molecule has 1 heterocycles. The van der Waals surface area contributed by atoms with Gasteiger partial charge in [-0.1, -0.05) is 6.08 Å². The monoisotopic (exact) mass is 258 g/mol. The second-order valence-electron chi connectivity index (χ2n) is 4.09. The van der Waals surface area contributed by atoms with Gasteiger partial charge in [0, 0.05) is 12.2 Å². The molecule has 0 aromatic heterocycles. The molecule has 1 aromatic rings. The predicted molar refractivity (Wildman–Crippen MR) is 77.7 cm³/mol. The van der Waals surface area contributed by atoms with Crippen molar-refractivity contribution in [2.45, 2.75) is 6.17 Å². The molecule has 0 saturated carbocycles. The maximum atomic E-state index is 5.79. The lowest BCUT2D eigenvalue weighted by atomic mass is 10.1. The van der Waals surface area contributed by atoms with Crippen molar-refractivity contribution in [3.05, 3.63) is 48.6 Å². The van der Waals surface area contributed by atoms with Crippen LogP contribution in [0.15, 0.2) is 48.0 Å². The second kappa shape index (κ2) is 6.06. The predicted octanol–water partition coefficient (Wildman–Crippen LogP) is 1.06. The molecule has 100 valence electrons. The van der Waals surface area contributed by atoms with Crippen molar-refractivity contribution in [3.63, 3.8) is 0 Å². The van der Waals surface area contributed by atoms with Gasteiger partial charge in [-0.25, -0.2) is 4.99 Å². The van der Waals surface area contributed by atoms with E-state index in [-0.39, 0.29) is 6.17 Å². The van der Waals surface area contributed by atoms with Crippen LogP contribution in [0.3, 0.4) is 0 Å². The van der Waals surface area contributed by atoms with Crippen LogP contribution in [0.1, 0.15) is 5.56 Å². The molecular weight excluding hydrogens is 240 g/mol. The molecule has 5 heteroatoms. The number of methoxy groups -OCH3 is 1. The third-order valence-corrected chi connectivity index (χ3v) is 2.74. The Labute approximate surface area is 112 Å². The summed E-state index contributed by atoms with van der Waals surface area (Å²) < 4.78 is 5.14. The van der Waals surface area contributed by atoms with Crippen molar-refractivity contribution in [3.8, 4) is 5.75 Å². The number of nitrogens with one attached hydrogen (secondary N) is 2. The summed E-state index contributed by atoms with van der Waals surface area (Å²) in [6.45, 7) is 4.34. The average Bonchev–Trinajstić information content (AvgIpc) is 2.44. The minimum atomic E-state index is -0.142. The number of guanidine groups is 1. The Hall–Kier alpha value is -2.27. The van der Waals surface area contributed by atoms with Crippen LogP contribution >= 0.6 is 0 Å². The van der Waals surface area contributed by atoms with Gasteiger partial charge in [-0.3, -0.25) is 5.32 Å². The first-order chi connectivity index (χ1) is 9.22. The topological polar surface area (TPSA) is 71.7 Å². The number of aliphatic imine (C=N–C) groups is 1. The molecule has 1 aliphatic rings. The van der Waals surface area contributed by atoms with Crippen LogP contribution in [0.25, 0.3) is 5.70 Å². The molecule has 0 fully saturated rings. The fraction of sp³-hybridized carbons (Fsp3) is 0.214. The van der Waals surface area contributed by atoms with Crippen LogP contribution in [-0.4, -0.2) is 25.8 Å². The Morgan fingerprint density at radius 3 is 2.84 bits per heavy atom. The van der Waals surface area contributed by atoms with Crippen LogP contribution in [0.5, 0.6) is 5.75 Å². The summed E-state index contributed by atoms with van der Waals surface area (Å²) >= 11 is 0. The maximum absolute atomic E-state index is 5.79. The van der Waals surface area contributed by atoms with E-state index >= 15 is 0 Å². The van der Waals surface area contributed by atoms with Gasteiger partial charge in [0.05, 0.1) is 7.11 Å². The summed E-state index contributed by atoms with van der Waals surface area (Å²) in [4.78, 5) is 4.25. The van der Waals surface area contributed by atoms with Gasteiger partial charge in [0.25, 0.3) is 0 Å². The number of nitrogens with zero attached hydrogens (tertiary/aromatic N) is 1. The van der Waals surface area contributed by atoms with Crippen LogP contribution in [0.4, 0.5) is 0 Å². The van der Waals surface area contributed by atoms with Crippen LogP contribution in [-0.2, 0) is 0 Å². The number of hydrogen-bond acceptors (Lipinski definition) is 5. The average molecular weight is 258 g/mol. The lowest BCUT2D eigenvalue weighted by Gasteiger charge is -2.20. The molecule has 2 rings (SSSR count). The van der Waals surface area contributed by atoms with Crippen LogP contribution in [0, 0.1) is 0 Å². The summed E-state index contributed by atoms with van der Waals surface area (Å²) in [7, 11) is 1.65. The first-order valence-corrected chi connectivity index (χ1v) is 6.03. The lowest BCUT2D eigenvalue weighted by molar-refractivity contribution is 0.415. The Bertz CT molecular complexity index is 505. The highest BCUT2D eigenvalue weighted by Crippen LogP contribution is 2.18. The minimum Gasteiger partial charge on any atom is -0.497 e. The van der Waals surface area contributed by atoms with Crippen molar-refractivity contribution in [1.82, 2.24) is 10.6 Å². The second-order valence-corrected chi connectivity index (χ2v) is 4.09. The van der Waals surface area contributed by atoms with E-state index in [2.05, 4.69) is 22.2 Å². The van der Waals surface area contributed by atoms with Crippen LogP contribution in [0.2, 0.25) is 0 Å². The van der Waals surface area contributed by atoms with E-state index in [4.69, 9.17) is 10.5 Å². The van der Waals surface area contributed by atoms with Gasteiger partial charge in [-0.05, 0) is 35.9 Å². The van der Waals surface area contributed by atoms with E-state index in [9.17, 15) is 0 Å². The molecule has 0 spiro atoms. The van der Waals surface area contributed by atoms with Crippen molar-refractivity contribution in [2.75, 3.05) is 13.7 Å². The summed E-state index contributed by atoms with van der Waals surface area (Å²) in [5, 5.41) is 6.26. The minimum absolute atomic E-state index is 0.142. The van der Waals surface area contributed by atoms with Crippen molar-refractivity contribution in [2.24, 2.45) is 10.7 Å². The molecule has 1 unspecified atom stereocenters. The van der Waals surface area contributed by atoms with E-state index in [0.717, 1.165) is 17.0 Å². The number of benzene rings is 1. The molecule has 0 amide bonds. The standard InChI is InChI=1S/C14H18N4O/c1-3-8-16-13-9-12(17-14(15)18-13)10-4-6-11(19-2)7-5-10/h3-7,9,13,16H,1,8H2,2H3,(H3,15,17,18). The molecule has 0 saturated heterocycles. The molecule has 1 aromatic carbocycles. The largest absolute Gasteiger partial charge is 0.497 e. The Morgan fingerprint density at radius 1 is 1.47 bits per heavy atom. The molecule has 19 heavy (non-hydrogen) atoms. The SMILES string of the molecule is C=CCNC1C=C(c2ccc(OC)cc2)NC(N)=N1. The fourth-order valence-corrected chi connectivity index (χ4v) is 1.80. The van der Waals surface area contributed by atoms with Crippen molar-refractivity contribution < 1.29 is 4.74 Å². The third-order valence-electron chi connectivity index (χ3n) is 2.74. The van der Waals surface area contributed by atoms with E-state index in [0.29, 0.717) is 12.5 Å². The molecule has 1 atom stereocenters. The molecule has 5 nitrogen and oxygen atoms in total. The summed E-state index contributed by atoms with van der Waals surface area (Å²) in [6, 6.07) is 7.76. The maximum Gasteiger partial charge on any atom is 0.195 e. The van der Waals surface area contributed by atoms with Gasteiger partial charge < -0.3 is 15.8 Å². The zero-order chi connectivity index (χ0) is 13.7. The number of ether oxygens (including phenoxy) is 1. The van der Waals surface area contributed by atoms with Crippen LogP contribution < -0.4 is 21.1 Å². The van der Waals surface area contributed by atoms with E-state index in [1.54, 1.807) is 13.2 Å². The zero-order valence-electron chi connectivity index (χ0n) is 10.9. The van der Waals surface area contributed by atoms with Gasteiger partial charge >= 0.3 is 0 Å². The highest BCUT2D eigenvalue weighted by Gasteiger charge is 2.13. The number of hydrogen-bond donors (Lipinski definition) is 3. The summed E-state index contributed by atoms with van der Waals surface area (Å²) in [5.41, 5.74) is 7.75. The molecule has 0 radical (unpaired) electrons. The molecule has 0 bridgehead atoms. The van der Waals surface area contributed by atoms with Gasteiger partial charge in [0.1, 0.15) is 11.9 Å². The van der Waals surface area contributed by atoms with E-state index < -0.39 is 0 Å². The fourth-order valence-electron chi connectivity index (χ4n) is 1.80. The van der Waals surface area contributed by atoms with Gasteiger partial charge in [-0.2, -0.15) is 0 Å². The Kier molecular flexibility index (Phi) is 4.20. The third kappa shape index (κ3) is 3.35. The van der Waals surface area contributed by atoms with Crippen molar-refractivity contribution in [1.29, 1.82) is 0 Å². The van der Waals surface area contributed by atoms with E-state index in [1.165, 1.54) is 0 Å². The van der Waals surface area contributed by atoms with E-state index in [1.807, 2.05) is 30.3 Å². The summed E-state index contributed by atoms with van der Waals surface area (Å²) in [6.07, 6.45) is 3.63. The zero-order valence-corrected chi connectivity index (χ0v) is 10.9.